The number of esters is 2. The molecule has 0 aliphatic heterocycles. The van der Waals surface area contributed by atoms with Crippen molar-refractivity contribution < 1.29 is 19.1 Å². The molecule has 0 saturated carbocycles. The lowest BCUT2D eigenvalue weighted by Crippen LogP contribution is -2.05. The average Bonchev–Trinajstić information content (AvgIpc) is 2.98. The van der Waals surface area contributed by atoms with Crippen LogP contribution in [0, 0.1) is 0 Å². The Morgan fingerprint density at radius 3 is 2.48 bits per heavy atom. The smallest absolute Gasteiger partial charge is 0.354 e. The van der Waals surface area contributed by atoms with Crippen LogP contribution in [0.25, 0.3) is 11.3 Å². The topological polar surface area (TPSA) is 81.3 Å². The van der Waals surface area contributed by atoms with Gasteiger partial charge in [0.05, 0.1) is 24.5 Å². The summed E-state index contributed by atoms with van der Waals surface area (Å²) in [4.78, 5) is 30.1. The van der Waals surface area contributed by atoms with Crippen molar-refractivity contribution in [3.63, 3.8) is 0 Å². The number of nitrogens with one attached hydrogen (secondary N) is 1. The minimum atomic E-state index is -0.410. The van der Waals surface area contributed by atoms with E-state index in [1.165, 1.54) is 6.20 Å². The second kappa shape index (κ2) is 6.69. The molecule has 2 heterocycles. The minimum absolute atomic E-state index is 0.319. The fourth-order valence-electron chi connectivity index (χ4n) is 1.77. The standard InChI is InChI=1S/C15H16N2O4/c1-3-20-14(18)10-5-6-12(16-8-10)11-7-13(17-9-11)15(19)21-4-2/h5-9,17H,3-4H2,1-2H3. The summed E-state index contributed by atoms with van der Waals surface area (Å²) in [5, 5.41) is 0. The second-order valence-electron chi connectivity index (χ2n) is 4.18. The molecule has 2 aromatic rings. The van der Waals surface area contributed by atoms with Crippen molar-refractivity contribution in [1.29, 1.82) is 0 Å². The summed E-state index contributed by atoms with van der Waals surface area (Å²) >= 11 is 0. The van der Waals surface area contributed by atoms with Crippen LogP contribution in [0.1, 0.15) is 34.7 Å². The second-order valence-corrected chi connectivity index (χ2v) is 4.18. The number of rotatable bonds is 5. The molecule has 21 heavy (non-hydrogen) atoms. The first-order valence-electron chi connectivity index (χ1n) is 6.64. The van der Waals surface area contributed by atoms with Crippen molar-refractivity contribution >= 4 is 11.9 Å². The van der Waals surface area contributed by atoms with Gasteiger partial charge < -0.3 is 14.5 Å². The van der Waals surface area contributed by atoms with E-state index in [-0.39, 0.29) is 0 Å². The van der Waals surface area contributed by atoms with Gasteiger partial charge in [-0.05, 0) is 32.0 Å². The molecule has 0 fully saturated rings. The quantitative estimate of drug-likeness (QED) is 0.854. The highest BCUT2D eigenvalue weighted by Crippen LogP contribution is 2.19. The molecule has 2 rings (SSSR count). The van der Waals surface area contributed by atoms with Crippen molar-refractivity contribution in [2.24, 2.45) is 0 Å². The Morgan fingerprint density at radius 2 is 1.86 bits per heavy atom. The lowest BCUT2D eigenvalue weighted by Gasteiger charge is -2.02. The Morgan fingerprint density at radius 1 is 1.14 bits per heavy atom. The highest BCUT2D eigenvalue weighted by atomic mass is 16.5. The van der Waals surface area contributed by atoms with Gasteiger partial charge in [0.25, 0.3) is 0 Å². The number of pyridine rings is 1. The minimum Gasteiger partial charge on any atom is -0.462 e. The number of H-pyrrole nitrogens is 1. The number of aromatic amines is 1. The third-order valence-electron chi connectivity index (χ3n) is 2.75. The van der Waals surface area contributed by atoms with Gasteiger partial charge in [0.2, 0.25) is 0 Å². The SMILES string of the molecule is CCOC(=O)c1ccc(-c2c[nH]c(C(=O)OCC)c2)nc1. The average molecular weight is 288 g/mol. The van der Waals surface area contributed by atoms with Crippen LogP contribution in [0.5, 0.6) is 0 Å². The van der Waals surface area contributed by atoms with Gasteiger partial charge >= 0.3 is 11.9 Å². The molecule has 0 radical (unpaired) electrons. The predicted molar refractivity (Wildman–Crippen MR) is 75.9 cm³/mol. The van der Waals surface area contributed by atoms with E-state index in [2.05, 4.69) is 9.97 Å². The molecule has 0 atom stereocenters. The van der Waals surface area contributed by atoms with E-state index >= 15 is 0 Å². The van der Waals surface area contributed by atoms with Gasteiger partial charge in [0.1, 0.15) is 5.69 Å². The highest BCUT2D eigenvalue weighted by Gasteiger charge is 2.12. The van der Waals surface area contributed by atoms with E-state index in [4.69, 9.17) is 9.47 Å². The summed E-state index contributed by atoms with van der Waals surface area (Å²) in [5.74, 6) is -0.815. The summed E-state index contributed by atoms with van der Waals surface area (Å²) < 4.78 is 9.79. The third kappa shape index (κ3) is 3.47. The maximum Gasteiger partial charge on any atom is 0.354 e. The van der Waals surface area contributed by atoms with Crippen LogP contribution < -0.4 is 0 Å². The normalized spacial score (nSPS) is 10.2. The molecular weight excluding hydrogens is 272 g/mol. The first-order chi connectivity index (χ1) is 10.2. The number of hydrogen-bond donors (Lipinski definition) is 1. The highest BCUT2D eigenvalue weighted by molar-refractivity contribution is 5.90. The molecule has 0 amide bonds. The fraction of sp³-hybridized carbons (Fsp3) is 0.267. The number of carbonyl (C=O) groups excluding carboxylic acids is 2. The van der Waals surface area contributed by atoms with Crippen molar-refractivity contribution in [1.82, 2.24) is 9.97 Å². The van der Waals surface area contributed by atoms with Crippen LogP contribution in [-0.2, 0) is 9.47 Å². The summed E-state index contributed by atoms with van der Waals surface area (Å²) in [7, 11) is 0. The van der Waals surface area contributed by atoms with Crippen LogP contribution in [0.2, 0.25) is 0 Å². The number of aromatic nitrogens is 2. The van der Waals surface area contributed by atoms with Gasteiger partial charge in [-0.3, -0.25) is 4.98 Å². The zero-order chi connectivity index (χ0) is 15.2. The van der Waals surface area contributed by atoms with Crippen LogP contribution in [0.15, 0.2) is 30.6 Å². The molecule has 2 aromatic heterocycles. The van der Waals surface area contributed by atoms with Crippen LogP contribution in [0.3, 0.4) is 0 Å². The molecule has 0 saturated heterocycles. The summed E-state index contributed by atoms with van der Waals surface area (Å²) in [6, 6.07) is 4.99. The Hall–Kier alpha value is -2.63. The predicted octanol–water partition coefficient (Wildman–Crippen LogP) is 2.43. The Kier molecular flexibility index (Phi) is 4.71. The van der Waals surface area contributed by atoms with E-state index in [9.17, 15) is 9.59 Å². The molecule has 0 bridgehead atoms. The van der Waals surface area contributed by atoms with Gasteiger partial charge in [-0.1, -0.05) is 0 Å². The van der Waals surface area contributed by atoms with Crippen molar-refractivity contribution in [3.8, 4) is 11.3 Å². The Balaban J connectivity index is 2.15. The monoisotopic (exact) mass is 288 g/mol. The maximum absolute atomic E-state index is 11.6. The summed E-state index contributed by atoms with van der Waals surface area (Å²) in [6.45, 7) is 4.13. The van der Waals surface area contributed by atoms with E-state index < -0.39 is 11.9 Å². The number of carbonyl (C=O) groups is 2. The van der Waals surface area contributed by atoms with Crippen LogP contribution in [-0.4, -0.2) is 35.1 Å². The van der Waals surface area contributed by atoms with E-state index in [1.807, 2.05) is 0 Å². The first kappa shape index (κ1) is 14.8. The van der Waals surface area contributed by atoms with E-state index in [1.54, 1.807) is 38.2 Å². The van der Waals surface area contributed by atoms with E-state index in [0.29, 0.717) is 30.2 Å². The number of hydrogen-bond acceptors (Lipinski definition) is 5. The molecule has 1 N–H and O–H groups in total. The lowest BCUT2D eigenvalue weighted by atomic mass is 10.2. The van der Waals surface area contributed by atoms with E-state index in [0.717, 1.165) is 5.56 Å². The van der Waals surface area contributed by atoms with Crippen molar-refractivity contribution in [3.05, 3.63) is 41.9 Å². The van der Waals surface area contributed by atoms with Crippen molar-refractivity contribution in [2.75, 3.05) is 13.2 Å². The molecule has 0 unspecified atom stereocenters. The Labute approximate surface area is 122 Å². The molecule has 0 aromatic carbocycles. The van der Waals surface area contributed by atoms with Crippen LogP contribution >= 0.6 is 0 Å². The van der Waals surface area contributed by atoms with Gasteiger partial charge in [-0.15, -0.1) is 0 Å². The third-order valence-corrected chi connectivity index (χ3v) is 2.75. The van der Waals surface area contributed by atoms with Gasteiger partial charge in [0, 0.05) is 18.0 Å². The molecule has 0 aliphatic rings. The largest absolute Gasteiger partial charge is 0.462 e. The van der Waals surface area contributed by atoms with Gasteiger partial charge in [-0.25, -0.2) is 9.59 Å². The maximum atomic E-state index is 11.6. The van der Waals surface area contributed by atoms with Gasteiger partial charge in [0.15, 0.2) is 0 Å². The lowest BCUT2D eigenvalue weighted by molar-refractivity contribution is 0.0513. The molecule has 0 aliphatic carbocycles. The molecule has 6 nitrogen and oxygen atoms in total. The van der Waals surface area contributed by atoms with Gasteiger partial charge in [-0.2, -0.15) is 0 Å². The number of ether oxygens (including phenoxy) is 2. The molecule has 0 spiro atoms. The molecular formula is C15H16N2O4. The zero-order valence-corrected chi connectivity index (χ0v) is 11.9. The fourth-order valence-corrected chi connectivity index (χ4v) is 1.77. The zero-order valence-electron chi connectivity index (χ0n) is 11.9. The molecule has 110 valence electrons. The van der Waals surface area contributed by atoms with Crippen LogP contribution in [0.4, 0.5) is 0 Å². The number of nitrogens with zero attached hydrogens (tertiary/aromatic N) is 1. The Bertz CT molecular complexity index is 631. The molecule has 6 heteroatoms. The summed E-state index contributed by atoms with van der Waals surface area (Å²) in [5.41, 5.74) is 2.15. The summed E-state index contributed by atoms with van der Waals surface area (Å²) in [6.07, 6.45) is 3.11. The van der Waals surface area contributed by atoms with Crippen molar-refractivity contribution in [2.45, 2.75) is 13.8 Å². The first-order valence-corrected chi connectivity index (χ1v) is 6.64.